The van der Waals surface area contributed by atoms with Crippen molar-refractivity contribution in [3.8, 4) is 11.5 Å². The molecule has 0 radical (unpaired) electrons. The zero-order chi connectivity index (χ0) is 18.8. The minimum absolute atomic E-state index is 0.175. The molecule has 0 fully saturated rings. The van der Waals surface area contributed by atoms with Gasteiger partial charge in [0.05, 0.1) is 25.0 Å². The van der Waals surface area contributed by atoms with Gasteiger partial charge in [0.15, 0.2) is 6.61 Å². The van der Waals surface area contributed by atoms with Gasteiger partial charge >= 0.3 is 0 Å². The SMILES string of the molecule is COCCNC(=O)c1ccccc1NC(=O)COc1ccc(OC)cc1. The van der Waals surface area contributed by atoms with Crippen molar-refractivity contribution in [3.63, 3.8) is 0 Å². The van der Waals surface area contributed by atoms with Crippen molar-refractivity contribution in [2.75, 3.05) is 39.3 Å². The summed E-state index contributed by atoms with van der Waals surface area (Å²) in [5.41, 5.74) is 0.798. The summed E-state index contributed by atoms with van der Waals surface area (Å²) in [6.07, 6.45) is 0. The molecule has 0 spiro atoms. The number of para-hydroxylation sites is 1. The van der Waals surface area contributed by atoms with E-state index in [1.54, 1.807) is 62.8 Å². The third-order valence-electron chi connectivity index (χ3n) is 3.47. The van der Waals surface area contributed by atoms with Crippen LogP contribution in [0, 0.1) is 0 Å². The highest BCUT2D eigenvalue weighted by atomic mass is 16.5. The van der Waals surface area contributed by atoms with Crippen LogP contribution in [0.5, 0.6) is 11.5 Å². The predicted molar refractivity (Wildman–Crippen MR) is 97.8 cm³/mol. The molecular formula is C19H22N2O5. The molecule has 7 nitrogen and oxygen atoms in total. The van der Waals surface area contributed by atoms with Gasteiger partial charge in [-0.2, -0.15) is 0 Å². The molecule has 0 saturated carbocycles. The number of carbonyl (C=O) groups excluding carboxylic acids is 2. The first-order chi connectivity index (χ1) is 12.6. The molecule has 0 aliphatic carbocycles. The van der Waals surface area contributed by atoms with E-state index in [1.807, 2.05) is 0 Å². The lowest BCUT2D eigenvalue weighted by molar-refractivity contribution is -0.118. The van der Waals surface area contributed by atoms with Crippen molar-refractivity contribution in [2.45, 2.75) is 0 Å². The number of ether oxygens (including phenoxy) is 3. The Morgan fingerprint density at radius 2 is 1.65 bits per heavy atom. The maximum absolute atomic E-state index is 12.2. The highest BCUT2D eigenvalue weighted by molar-refractivity contribution is 6.04. The predicted octanol–water partition coefficient (Wildman–Crippen LogP) is 2.09. The molecule has 138 valence electrons. The molecule has 2 aromatic carbocycles. The molecule has 0 atom stereocenters. The standard InChI is InChI=1S/C19H22N2O5/c1-24-12-11-20-19(23)16-5-3-4-6-17(16)21-18(22)13-26-15-9-7-14(25-2)8-10-15/h3-10H,11-13H2,1-2H3,(H,20,23)(H,21,22). The summed E-state index contributed by atoms with van der Waals surface area (Å²) in [6.45, 7) is 0.625. The lowest BCUT2D eigenvalue weighted by Crippen LogP contribution is -2.28. The van der Waals surface area contributed by atoms with Crippen LogP contribution in [0.4, 0.5) is 5.69 Å². The zero-order valence-corrected chi connectivity index (χ0v) is 14.8. The molecule has 26 heavy (non-hydrogen) atoms. The van der Waals surface area contributed by atoms with Crippen LogP contribution in [0.2, 0.25) is 0 Å². The quantitative estimate of drug-likeness (QED) is 0.671. The second-order valence-corrected chi connectivity index (χ2v) is 5.31. The smallest absolute Gasteiger partial charge is 0.262 e. The molecule has 0 bridgehead atoms. The van der Waals surface area contributed by atoms with Gasteiger partial charge in [-0.25, -0.2) is 0 Å². The van der Waals surface area contributed by atoms with Gasteiger partial charge in [0.2, 0.25) is 0 Å². The summed E-state index contributed by atoms with van der Waals surface area (Å²) in [6, 6.07) is 13.7. The Balaban J connectivity index is 1.92. The van der Waals surface area contributed by atoms with Crippen molar-refractivity contribution in [1.82, 2.24) is 5.32 Å². The van der Waals surface area contributed by atoms with Crippen LogP contribution in [0.15, 0.2) is 48.5 Å². The van der Waals surface area contributed by atoms with E-state index < -0.39 is 0 Å². The maximum atomic E-state index is 12.2. The fraction of sp³-hybridized carbons (Fsp3) is 0.263. The molecule has 0 aliphatic heterocycles. The summed E-state index contributed by atoms with van der Waals surface area (Å²) in [5, 5.41) is 5.42. The van der Waals surface area contributed by atoms with Crippen LogP contribution in [-0.4, -0.2) is 45.8 Å². The normalized spacial score (nSPS) is 10.1. The third-order valence-corrected chi connectivity index (χ3v) is 3.47. The first kappa shape index (κ1) is 19.3. The Hall–Kier alpha value is -3.06. The summed E-state index contributed by atoms with van der Waals surface area (Å²) in [4.78, 5) is 24.3. The average molecular weight is 358 g/mol. The first-order valence-electron chi connectivity index (χ1n) is 8.07. The molecule has 0 heterocycles. The number of hydrogen-bond acceptors (Lipinski definition) is 5. The van der Waals surface area contributed by atoms with Gasteiger partial charge in [0.25, 0.3) is 11.8 Å². The number of methoxy groups -OCH3 is 2. The summed E-state index contributed by atoms with van der Waals surface area (Å²) < 4.78 is 15.4. The van der Waals surface area contributed by atoms with Gasteiger partial charge in [-0.05, 0) is 36.4 Å². The molecular weight excluding hydrogens is 336 g/mol. The number of anilines is 1. The Kier molecular flexibility index (Phi) is 7.45. The van der Waals surface area contributed by atoms with E-state index in [4.69, 9.17) is 14.2 Å². The lowest BCUT2D eigenvalue weighted by Gasteiger charge is -2.12. The van der Waals surface area contributed by atoms with Crippen LogP contribution in [0.3, 0.4) is 0 Å². The van der Waals surface area contributed by atoms with Crippen molar-refractivity contribution in [3.05, 3.63) is 54.1 Å². The minimum atomic E-state index is -0.363. The molecule has 2 amide bonds. The minimum Gasteiger partial charge on any atom is -0.497 e. The first-order valence-corrected chi connectivity index (χ1v) is 8.07. The van der Waals surface area contributed by atoms with Crippen molar-refractivity contribution in [2.24, 2.45) is 0 Å². The zero-order valence-electron chi connectivity index (χ0n) is 14.8. The molecule has 0 unspecified atom stereocenters. The molecule has 0 aromatic heterocycles. The van der Waals surface area contributed by atoms with Crippen molar-refractivity contribution in [1.29, 1.82) is 0 Å². The average Bonchev–Trinajstić information content (AvgIpc) is 2.67. The molecule has 0 saturated heterocycles. The van der Waals surface area contributed by atoms with E-state index in [9.17, 15) is 9.59 Å². The number of amides is 2. The van der Waals surface area contributed by atoms with Crippen LogP contribution in [-0.2, 0) is 9.53 Å². The van der Waals surface area contributed by atoms with Gasteiger partial charge in [0.1, 0.15) is 11.5 Å². The lowest BCUT2D eigenvalue weighted by atomic mass is 10.1. The Labute approximate surface area is 152 Å². The summed E-state index contributed by atoms with van der Waals surface area (Å²) in [7, 11) is 3.13. The topological polar surface area (TPSA) is 85.9 Å². The monoisotopic (exact) mass is 358 g/mol. The summed E-state index contributed by atoms with van der Waals surface area (Å²) in [5.74, 6) is 0.605. The van der Waals surface area contributed by atoms with Crippen molar-refractivity contribution >= 4 is 17.5 Å². The highest BCUT2D eigenvalue weighted by Gasteiger charge is 2.13. The maximum Gasteiger partial charge on any atom is 0.262 e. The number of carbonyl (C=O) groups is 2. The van der Waals surface area contributed by atoms with Gasteiger partial charge in [-0.15, -0.1) is 0 Å². The second-order valence-electron chi connectivity index (χ2n) is 5.31. The van der Waals surface area contributed by atoms with Crippen LogP contribution in [0.1, 0.15) is 10.4 Å². The number of nitrogens with one attached hydrogen (secondary N) is 2. The Morgan fingerprint density at radius 1 is 0.962 bits per heavy atom. The molecule has 2 aromatic rings. The van der Waals surface area contributed by atoms with E-state index in [0.717, 1.165) is 0 Å². The van der Waals surface area contributed by atoms with E-state index in [2.05, 4.69) is 10.6 Å². The van der Waals surface area contributed by atoms with Gasteiger partial charge in [-0.1, -0.05) is 12.1 Å². The van der Waals surface area contributed by atoms with E-state index >= 15 is 0 Å². The van der Waals surface area contributed by atoms with Gasteiger partial charge in [-0.3, -0.25) is 9.59 Å². The van der Waals surface area contributed by atoms with E-state index in [-0.39, 0.29) is 18.4 Å². The number of benzene rings is 2. The fourth-order valence-electron chi connectivity index (χ4n) is 2.16. The Bertz CT molecular complexity index is 731. The Morgan fingerprint density at radius 3 is 2.35 bits per heavy atom. The van der Waals surface area contributed by atoms with Crippen LogP contribution in [0.25, 0.3) is 0 Å². The highest BCUT2D eigenvalue weighted by Crippen LogP contribution is 2.18. The number of hydrogen-bond donors (Lipinski definition) is 2. The summed E-state index contributed by atoms with van der Waals surface area (Å²) >= 11 is 0. The number of rotatable bonds is 9. The van der Waals surface area contributed by atoms with Gasteiger partial charge in [0, 0.05) is 13.7 Å². The molecule has 7 heteroatoms. The molecule has 2 rings (SSSR count). The van der Waals surface area contributed by atoms with Crippen molar-refractivity contribution < 1.29 is 23.8 Å². The third kappa shape index (κ3) is 5.78. The fourth-order valence-corrected chi connectivity index (χ4v) is 2.16. The largest absolute Gasteiger partial charge is 0.497 e. The molecule has 2 N–H and O–H groups in total. The molecule has 0 aliphatic rings. The second kappa shape index (κ2) is 10.0. The van der Waals surface area contributed by atoms with E-state index in [1.165, 1.54) is 0 Å². The van der Waals surface area contributed by atoms with Crippen LogP contribution >= 0.6 is 0 Å². The van der Waals surface area contributed by atoms with Gasteiger partial charge < -0.3 is 24.8 Å². The van der Waals surface area contributed by atoms with E-state index in [0.29, 0.717) is 35.9 Å². The van der Waals surface area contributed by atoms with Crippen LogP contribution < -0.4 is 20.1 Å².